The molecular weight excluding hydrogens is 366 g/mol. The predicted octanol–water partition coefficient (Wildman–Crippen LogP) is 2.79. The number of pyridine rings is 1. The summed E-state index contributed by atoms with van der Waals surface area (Å²) in [5, 5.41) is 0. The molecule has 3 rings (SSSR count). The van der Waals surface area contributed by atoms with Crippen LogP contribution in [0.4, 0.5) is 0 Å². The van der Waals surface area contributed by atoms with Gasteiger partial charge in [-0.1, -0.05) is 6.07 Å². The highest BCUT2D eigenvalue weighted by Crippen LogP contribution is 2.23. The highest BCUT2D eigenvalue weighted by atomic mass is 79.9. The van der Waals surface area contributed by atoms with Crippen molar-refractivity contribution in [2.75, 3.05) is 7.05 Å². The minimum atomic E-state index is -0.352. The van der Waals surface area contributed by atoms with E-state index in [1.54, 1.807) is 42.8 Å². The molecule has 5 nitrogen and oxygen atoms in total. The number of hydrogen-bond donors (Lipinski definition) is 0. The number of nitrogens with zero attached hydrogens (tertiary/aromatic N) is 3. The number of rotatable bonds is 3. The zero-order valence-electron chi connectivity index (χ0n) is 11.7. The summed E-state index contributed by atoms with van der Waals surface area (Å²) in [5.41, 5.74) is 0.241. The number of amides is 1. The van der Waals surface area contributed by atoms with Crippen LogP contribution in [0.2, 0.25) is 0 Å². The molecule has 0 bridgehead atoms. The van der Waals surface area contributed by atoms with Gasteiger partial charge in [-0.05, 0) is 40.2 Å². The van der Waals surface area contributed by atoms with Crippen molar-refractivity contribution in [3.8, 4) is 0 Å². The number of carbonyl (C=O) groups is 1. The van der Waals surface area contributed by atoms with Gasteiger partial charge in [0.05, 0.1) is 10.3 Å². The summed E-state index contributed by atoms with van der Waals surface area (Å²) in [5.74, 6) is -0.333. The van der Waals surface area contributed by atoms with Gasteiger partial charge in [0.15, 0.2) is 0 Å². The minimum absolute atomic E-state index is 0.0711. The van der Waals surface area contributed by atoms with Gasteiger partial charge >= 0.3 is 0 Å². The summed E-state index contributed by atoms with van der Waals surface area (Å²) in [6.45, 7) is 0.450. The molecular formula is C15H12BrN3O2S. The number of fused-ring (bicyclic) bond motifs is 1. The molecule has 3 aromatic rings. The lowest BCUT2D eigenvalue weighted by atomic mass is 10.2. The molecule has 0 aliphatic heterocycles. The number of aromatic nitrogens is 2. The third-order valence-electron chi connectivity index (χ3n) is 3.21. The Morgan fingerprint density at radius 2 is 2.18 bits per heavy atom. The molecule has 0 aliphatic carbocycles. The molecule has 0 saturated carbocycles. The van der Waals surface area contributed by atoms with Crippen LogP contribution < -0.4 is 5.56 Å². The standard InChI is InChI=1S/C15H12BrN3O2S/c1-18(9-10-5-6-12(16)22-10)14(20)11-8-17-13-4-2-3-7-19(13)15(11)21/h2-8H,9H2,1H3. The minimum Gasteiger partial charge on any atom is -0.336 e. The number of carbonyl (C=O) groups excluding carboxylic acids is 1. The van der Waals surface area contributed by atoms with Crippen molar-refractivity contribution in [3.05, 3.63) is 67.3 Å². The molecule has 3 heterocycles. The van der Waals surface area contributed by atoms with Crippen molar-refractivity contribution in [1.29, 1.82) is 0 Å². The second-order valence-corrected chi connectivity index (χ2v) is 7.32. The van der Waals surface area contributed by atoms with E-state index in [-0.39, 0.29) is 17.0 Å². The predicted molar refractivity (Wildman–Crippen MR) is 89.3 cm³/mol. The summed E-state index contributed by atoms with van der Waals surface area (Å²) in [4.78, 5) is 31.6. The third kappa shape index (κ3) is 2.82. The highest BCUT2D eigenvalue weighted by molar-refractivity contribution is 9.11. The fourth-order valence-electron chi connectivity index (χ4n) is 2.12. The van der Waals surface area contributed by atoms with Gasteiger partial charge < -0.3 is 4.90 Å². The van der Waals surface area contributed by atoms with E-state index < -0.39 is 0 Å². The van der Waals surface area contributed by atoms with Crippen molar-refractivity contribution < 1.29 is 4.79 Å². The quantitative estimate of drug-likeness (QED) is 0.704. The van der Waals surface area contributed by atoms with Gasteiger partial charge in [0.1, 0.15) is 11.2 Å². The Kier molecular flexibility index (Phi) is 4.08. The zero-order valence-corrected chi connectivity index (χ0v) is 14.1. The SMILES string of the molecule is CN(Cc1ccc(Br)s1)C(=O)c1cnc2ccccn2c1=O. The van der Waals surface area contributed by atoms with Gasteiger partial charge in [-0.15, -0.1) is 11.3 Å². The number of hydrogen-bond acceptors (Lipinski definition) is 4. The normalized spacial score (nSPS) is 10.8. The summed E-state index contributed by atoms with van der Waals surface area (Å²) < 4.78 is 2.39. The number of thiophene rings is 1. The molecule has 0 radical (unpaired) electrons. The lowest BCUT2D eigenvalue weighted by molar-refractivity contribution is 0.0784. The molecule has 3 aromatic heterocycles. The van der Waals surface area contributed by atoms with Gasteiger partial charge in [0.2, 0.25) is 0 Å². The molecule has 112 valence electrons. The zero-order chi connectivity index (χ0) is 15.7. The van der Waals surface area contributed by atoms with Crippen LogP contribution in [0.3, 0.4) is 0 Å². The van der Waals surface area contributed by atoms with Crippen LogP contribution in [0.5, 0.6) is 0 Å². The molecule has 0 unspecified atom stereocenters. The Morgan fingerprint density at radius 1 is 1.36 bits per heavy atom. The monoisotopic (exact) mass is 377 g/mol. The van der Waals surface area contributed by atoms with E-state index in [1.807, 2.05) is 12.1 Å². The maximum absolute atomic E-state index is 12.5. The van der Waals surface area contributed by atoms with Gasteiger partial charge in [-0.2, -0.15) is 0 Å². The first-order valence-corrected chi connectivity index (χ1v) is 8.13. The Morgan fingerprint density at radius 3 is 2.91 bits per heavy atom. The first kappa shape index (κ1) is 14.9. The van der Waals surface area contributed by atoms with Crippen molar-refractivity contribution in [2.45, 2.75) is 6.54 Å². The van der Waals surface area contributed by atoms with E-state index in [9.17, 15) is 9.59 Å². The molecule has 22 heavy (non-hydrogen) atoms. The van der Waals surface area contributed by atoms with Crippen molar-refractivity contribution in [2.24, 2.45) is 0 Å². The average molecular weight is 378 g/mol. The van der Waals surface area contributed by atoms with Crippen molar-refractivity contribution in [3.63, 3.8) is 0 Å². The fourth-order valence-corrected chi connectivity index (χ4v) is 3.66. The van der Waals surface area contributed by atoms with Crippen LogP contribution in [0.25, 0.3) is 5.65 Å². The van der Waals surface area contributed by atoms with Gasteiger partial charge in [-0.3, -0.25) is 14.0 Å². The summed E-state index contributed by atoms with van der Waals surface area (Å²) >= 11 is 4.95. The topological polar surface area (TPSA) is 54.7 Å². The van der Waals surface area contributed by atoms with E-state index in [0.717, 1.165) is 8.66 Å². The molecule has 0 aliphatic rings. The lowest BCUT2D eigenvalue weighted by Crippen LogP contribution is -2.32. The van der Waals surface area contributed by atoms with Gasteiger partial charge in [0.25, 0.3) is 11.5 Å². The van der Waals surface area contributed by atoms with Crippen LogP contribution >= 0.6 is 27.3 Å². The maximum atomic E-state index is 12.5. The van der Waals surface area contributed by atoms with Crippen molar-refractivity contribution >= 4 is 38.8 Å². The van der Waals surface area contributed by atoms with Crippen LogP contribution in [0, 0.1) is 0 Å². The average Bonchev–Trinajstić information content (AvgIpc) is 2.92. The van der Waals surface area contributed by atoms with E-state index in [0.29, 0.717) is 12.2 Å². The molecule has 0 aromatic carbocycles. The highest BCUT2D eigenvalue weighted by Gasteiger charge is 2.18. The first-order chi connectivity index (χ1) is 10.6. The maximum Gasteiger partial charge on any atom is 0.270 e. The Balaban J connectivity index is 1.91. The Labute approximate surface area is 139 Å². The molecule has 7 heteroatoms. The molecule has 0 fully saturated rings. The van der Waals surface area contributed by atoms with Crippen molar-refractivity contribution in [1.82, 2.24) is 14.3 Å². The smallest absolute Gasteiger partial charge is 0.270 e. The molecule has 0 atom stereocenters. The van der Waals surface area contributed by atoms with Crippen LogP contribution in [-0.4, -0.2) is 27.2 Å². The second-order valence-electron chi connectivity index (χ2n) is 4.77. The lowest BCUT2D eigenvalue weighted by Gasteiger charge is -2.15. The van der Waals surface area contributed by atoms with E-state index in [1.165, 1.54) is 15.5 Å². The molecule has 0 saturated heterocycles. The third-order valence-corrected chi connectivity index (χ3v) is 4.82. The number of halogens is 1. The summed E-state index contributed by atoms with van der Waals surface area (Å²) in [7, 11) is 1.68. The van der Waals surface area contributed by atoms with E-state index in [4.69, 9.17) is 0 Å². The summed E-state index contributed by atoms with van der Waals surface area (Å²) in [6, 6.07) is 9.14. The Hall–Kier alpha value is -1.99. The molecule has 0 spiro atoms. The largest absolute Gasteiger partial charge is 0.336 e. The molecule has 1 amide bonds. The summed E-state index contributed by atoms with van der Waals surface area (Å²) in [6.07, 6.45) is 2.96. The van der Waals surface area contributed by atoms with Crippen LogP contribution in [0.1, 0.15) is 15.2 Å². The van der Waals surface area contributed by atoms with Crippen LogP contribution in [0.15, 0.2) is 51.3 Å². The second kappa shape index (κ2) is 6.02. The van der Waals surface area contributed by atoms with E-state index >= 15 is 0 Å². The molecule has 0 N–H and O–H groups in total. The van der Waals surface area contributed by atoms with Crippen LogP contribution in [-0.2, 0) is 6.54 Å². The van der Waals surface area contributed by atoms with E-state index in [2.05, 4.69) is 20.9 Å². The van der Waals surface area contributed by atoms with Gasteiger partial charge in [0, 0.05) is 24.3 Å². The first-order valence-electron chi connectivity index (χ1n) is 6.52. The van der Waals surface area contributed by atoms with Gasteiger partial charge in [-0.25, -0.2) is 4.98 Å². The fraction of sp³-hybridized carbons (Fsp3) is 0.133. The Bertz CT molecular complexity index is 903.